The first-order valence-electron chi connectivity index (χ1n) is 15.8. The number of ether oxygens (including phenoxy) is 2. The van der Waals surface area contributed by atoms with Crippen molar-refractivity contribution >= 4 is 67.7 Å². The first kappa shape index (κ1) is 29.0. The van der Waals surface area contributed by atoms with Gasteiger partial charge in [-0.1, -0.05) is 43.8 Å². The Morgan fingerprint density at radius 2 is 1.55 bits per heavy atom. The largest absolute Gasteiger partial charge is 0.453 e. The molecule has 0 atom stereocenters. The summed E-state index contributed by atoms with van der Waals surface area (Å²) < 4.78 is 40.5. The lowest BCUT2D eigenvalue weighted by Crippen LogP contribution is -2.26. The van der Waals surface area contributed by atoms with Crippen LogP contribution in [0.25, 0.3) is 11.1 Å². The van der Waals surface area contributed by atoms with Gasteiger partial charge in [0, 0.05) is 33.3 Å². The minimum atomic E-state index is -3.80. The Bertz CT molecular complexity index is 2550. The average molecular weight is 699 g/mol. The Kier molecular flexibility index (Phi) is 6.08. The van der Waals surface area contributed by atoms with Crippen molar-refractivity contribution in [1.29, 1.82) is 0 Å². The standard InChI is InChI=1S/C38H26N4O4S3/c1-20(2)21-12-13-27-25(15-21)41-34-28(45-27)7-4-9-30(34)48-31-16-22(19-40-37(31)41)24-17-23(47-3)18-26-36(24)46-29-8-5-10-32-35(29)42(26)38-33(49(32,43)44)11-6-14-39-38/h4-20H,1-3H3. The molecule has 10 rings (SSSR count). The van der Waals surface area contributed by atoms with E-state index in [1.54, 1.807) is 60.1 Å². The molecular formula is C38H26N4O4S3. The summed E-state index contributed by atoms with van der Waals surface area (Å²) in [4.78, 5) is 17.3. The molecule has 2 aromatic heterocycles. The Balaban J connectivity index is 1.17. The van der Waals surface area contributed by atoms with Crippen LogP contribution in [0.3, 0.4) is 0 Å². The van der Waals surface area contributed by atoms with Gasteiger partial charge in [0.15, 0.2) is 34.6 Å². The number of pyridine rings is 2. The maximum absolute atomic E-state index is 13.7. The monoisotopic (exact) mass is 698 g/mol. The summed E-state index contributed by atoms with van der Waals surface area (Å²) in [6, 6.07) is 27.3. The molecule has 0 radical (unpaired) electrons. The Hall–Kier alpha value is -4.97. The van der Waals surface area contributed by atoms with Gasteiger partial charge in [-0.3, -0.25) is 9.80 Å². The second-order valence-corrected chi connectivity index (χ2v) is 16.3. The highest BCUT2D eigenvalue weighted by Gasteiger charge is 2.42. The number of sulfone groups is 1. The summed E-state index contributed by atoms with van der Waals surface area (Å²) in [5.74, 6) is 4.21. The van der Waals surface area contributed by atoms with Crippen molar-refractivity contribution < 1.29 is 17.9 Å². The molecule has 0 bridgehead atoms. The molecule has 4 aromatic carbocycles. The van der Waals surface area contributed by atoms with Crippen LogP contribution in [0.1, 0.15) is 25.3 Å². The van der Waals surface area contributed by atoms with E-state index in [0.29, 0.717) is 28.9 Å². The van der Waals surface area contributed by atoms with Crippen LogP contribution in [0.5, 0.6) is 23.0 Å². The molecule has 240 valence electrons. The number of rotatable bonds is 3. The lowest BCUT2D eigenvalue weighted by molar-refractivity contribution is 0.474. The topological polar surface area (TPSA) is 84.9 Å². The van der Waals surface area contributed by atoms with Crippen LogP contribution < -0.4 is 19.3 Å². The number of aromatic nitrogens is 2. The van der Waals surface area contributed by atoms with Crippen LogP contribution in [-0.4, -0.2) is 24.6 Å². The van der Waals surface area contributed by atoms with E-state index in [1.807, 2.05) is 35.6 Å². The van der Waals surface area contributed by atoms with Crippen LogP contribution in [0, 0.1) is 0 Å². The Morgan fingerprint density at radius 3 is 2.39 bits per heavy atom. The van der Waals surface area contributed by atoms with Crippen molar-refractivity contribution in [3.05, 3.63) is 103 Å². The Labute approximate surface area is 291 Å². The molecule has 0 unspecified atom stereocenters. The summed E-state index contributed by atoms with van der Waals surface area (Å²) in [5.41, 5.74) is 6.12. The molecule has 49 heavy (non-hydrogen) atoms. The van der Waals surface area contributed by atoms with Crippen molar-refractivity contribution in [1.82, 2.24) is 9.97 Å². The van der Waals surface area contributed by atoms with Gasteiger partial charge < -0.3 is 9.47 Å². The fourth-order valence-electron chi connectivity index (χ4n) is 6.99. The molecule has 0 saturated heterocycles. The molecule has 11 heteroatoms. The minimum Gasteiger partial charge on any atom is -0.453 e. The number of fused-ring (bicyclic) bond motifs is 8. The maximum Gasteiger partial charge on any atom is 0.212 e. The normalized spacial score (nSPS) is 15.2. The van der Waals surface area contributed by atoms with Crippen LogP contribution in [-0.2, 0) is 9.84 Å². The van der Waals surface area contributed by atoms with Crippen molar-refractivity contribution in [2.45, 2.75) is 44.2 Å². The third kappa shape index (κ3) is 4.03. The predicted octanol–water partition coefficient (Wildman–Crippen LogP) is 10.8. The molecule has 6 heterocycles. The lowest BCUT2D eigenvalue weighted by atomic mass is 10.0. The van der Waals surface area contributed by atoms with Gasteiger partial charge >= 0.3 is 0 Å². The van der Waals surface area contributed by atoms with E-state index in [4.69, 9.17) is 14.5 Å². The highest BCUT2D eigenvalue weighted by atomic mass is 32.2. The van der Waals surface area contributed by atoms with Gasteiger partial charge in [-0.15, -0.1) is 11.8 Å². The zero-order valence-electron chi connectivity index (χ0n) is 26.5. The molecule has 0 spiro atoms. The zero-order chi connectivity index (χ0) is 33.2. The number of hydrogen-bond donors (Lipinski definition) is 0. The predicted molar refractivity (Wildman–Crippen MR) is 192 cm³/mol. The van der Waals surface area contributed by atoms with Crippen LogP contribution >= 0.6 is 23.5 Å². The third-order valence-corrected chi connectivity index (χ3v) is 12.9. The first-order valence-corrected chi connectivity index (χ1v) is 19.3. The maximum atomic E-state index is 13.7. The van der Waals surface area contributed by atoms with Crippen LogP contribution in [0.4, 0.5) is 34.4 Å². The molecule has 0 N–H and O–H groups in total. The van der Waals surface area contributed by atoms with E-state index >= 15 is 0 Å². The first-order chi connectivity index (χ1) is 23.8. The van der Waals surface area contributed by atoms with Crippen molar-refractivity contribution in [3.8, 4) is 34.1 Å². The van der Waals surface area contributed by atoms with Crippen LogP contribution in [0.2, 0.25) is 0 Å². The lowest BCUT2D eigenvalue weighted by Gasteiger charge is -2.38. The van der Waals surface area contributed by atoms with E-state index in [9.17, 15) is 8.42 Å². The smallest absolute Gasteiger partial charge is 0.212 e. The molecule has 6 aromatic rings. The highest BCUT2D eigenvalue weighted by Crippen LogP contribution is 2.62. The van der Waals surface area contributed by atoms with Crippen molar-refractivity contribution in [2.24, 2.45) is 0 Å². The highest BCUT2D eigenvalue weighted by molar-refractivity contribution is 7.99. The van der Waals surface area contributed by atoms with E-state index in [0.717, 1.165) is 60.2 Å². The van der Waals surface area contributed by atoms with Crippen LogP contribution in [0.15, 0.2) is 122 Å². The summed E-state index contributed by atoms with van der Waals surface area (Å²) in [7, 11) is -3.80. The van der Waals surface area contributed by atoms with Crippen molar-refractivity contribution in [3.63, 3.8) is 0 Å². The molecule has 0 fully saturated rings. The van der Waals surface area contributed by atoms with Gasteiger partial charge in [0.25, 0.3) is 0 Å². The fraction of sp³-hybridized carbons (Fsp3) is 0.105. The number of benzene rings is 4. The van der Waals surface area contributed by atoms with Crippen molar-refractivity contribution in [2.75, 3.05) is 16.1 Å². The minimum absolute atomic E-state index is 0.167. The number of thioether (sulfide) groups is 1. The SMILES string of the molecule is CSc1cc(-c2cnc3c(c2)Sc2cccc4c2N3c2cc(C(C)C)ccc2O4)c2c(c1)N1c3ncccc3S(=O)(=O)c3cccc(c31)O2. The third-order valence-electron chi connectivity index (χ3n) is 9.33. The number of nitrogens with zero attached hydrogens (tertiary/aromatic N) is 4. The van der Waals surface area contributed by atoms with E-state index in [2.05, 4.69) is 60.1 Å². The van der Waals surface area contributed by atoms with Gasteiger partial charge in [-0.2, -0.15) is 0 Å². The summed E-state index contributed by atoms with van der Waals surface area (Å²) in [6.07, 6.45) is 5.55. The van der Waals surface area contributed by atoms with E-state index in [1.165, 1.54) is 5.56 Å². The van der Waals surface area contributed by atoms with Gasteiger partial charge in [-0.05, 0) is 84.5 Å². The quantitative estimate of drug-likeness (QED) is 0.166. The van der Waals surface area contributed by atoms with E-state index in [-0.39, 0.29) is 9.79 Å². The molecule has 8 nitrogen and oxygen atoms in total. The second-order valence-electron chi connectivity index (χ2n) is 12.5. The van der Waals surface area contributed by atoms with Gasteiger partial charge in [0.2, 0.25) is 9.84 Å². The second kappa shape index (κ2) is 10.3. The summed E-state index contributed by atoms with van der Waals surface area (Å²) in [5, 5.41) is 0. The van der Waals surface area contributed by atoms with E-state index < -0.39 is 9.84 Å². The molecule has 0 amide bonds. The molecule has 0 saturated carbocycles. The fourth-order valence-corrected chi connectivity index (χ4v) is 10.1. The average Bonchev–Trinajstić information content (AvgIpc) is 3.12. The summed E-state index contributed by atoms with van der Waals surface area (Å²) in [6.45, 7) is 4.38. The number of hydrogen-bond acceptors (Lipinski definition) is 10. The van der Waals surface area contributed by atoms with Gasteiger partial charge in [0.1, 0.15) is 16.3 Å². The van der Waals surface area contributed by atoms with Gasteiger partial charge in [0.05, 0.1) is 21.2 Å². The summed E-state index contributed by atoms with van der Waals surface area (Å²) >= 11 is 3.28. The van der Waals surface area contributed by atoms with Gasteiger partial charge in [-0.25, -0.2) is 18.4 Å². The molecule has 4 aliphatic heterocycles. The zero-order valence-corrected chi connectivity index (χ0v) is 28.9. The number of para-hydroxylation sites is 2. The molecule has 4 aliphatic rings. The molecular weight excluding hydrogens is 673 g/mol. The Morgan fingerprint density at radius 1 is 0.755 bits per heavy atom. The number of anilines is 6. The molecule has 0 aliphatic carbocycles.